The molecule has 1 rings (SSSR count). The Labute approximate surface area is 94.5 Å². The van der Waals surface area contributed by atoms with E-state index in [1.165, 1.54) is 5.56 Å². The molecule has 0 radical (unpaired) electrons. The topological polar surface area (TPSA) is 16.1 Å². The van der Waals surface area contributed by atoms with Gasteiger partial charge in [0, 0.05) is 24.1 Å². The maximum absolute atomic E-state index is 4.38. The van der Waals surface area contributed by atoms with Crippen molar-refractivity contribution in [1.82, 2.24) is 4.98 Å². The molecule has 0 aliphatic rings. The second-order valence-corrected chi connectivity index (χ2v) is 4.46. The molecule has 0 aromatic carbocycles. The summed E-state index contributed by atoms with van der Waals surface area (Å²) in [5.74, 6) is 1.07. The molecule has 0 N–H and O–H groups in total. The lowest BCUT2D eigenvalue weighted by Gasteiger charge is -2.27. The minimum Gasteiger partial charge on any atom is -0.353 e. The summed E-state index contributed by atoms with van der Waals surface area (Å²) < 4.78 is 0. The number of pyridine rings is 1. The molecule has 2 nitrogen and oxygen atoms in total. The highest BCUT2D eigenvalue weighted by Crippen LogP contribution is 2.15. The van der Waals surface area contributed by atoms with Gasteiger partial charge in [-0.1, -0.05) is 15.9 Å². The molecule has 0 fully saturated rings. The van der Waals surface area contributed by atoms with E-state index in [1.54, 1.807) is 0 Å². The average molecular weight is 257 g/mol. The van der Waals surface area contributed by atoms with Gasteiger partial charge in [-0.05, 0) is 38.5 Å². The van der Waals surface area contributed by atoms with Crippen LogP contribution in [-0.2, 0) is 0 Å². The van der Waals surface area contributed by atoms with Crippen LogP contribution in [0.1, 0.15) is 19.4 Å². The molecule has 0 bridgehead atoms. The molecule has 14 heavy (non-hydrogen) atoms. The molecule has 1 aromatic rings. The van der Waals surface area contributed by atoms with Crippen LogP contribution in [0.25, 0.3) is 0 Å². The van der Waals surface area contributed by atoms with Crippen LogP contribution in [0.4, 0.5) is 5.82 Å². The number of rotatable bonds is 4. The predicted molar refractivity (Wildman–Crippen MR) is 65.3 cm³/mol. The third-order valence-electron chi connectivity index (χ3n) is 2.14. The maximum Gasteiger partial charge on any atom is 0.128 e. The van der Waals surface area contributed by atoms with Crippen LogP contribution in [0.2, 0.25) is 0 Å². The molecule has 1 aromatic heterocycles. The fourth-order valence-electron chi connectivity index (χ4n) is 1.41. The minimum absolute atomic E-state index is 0.488. The number of aromatic nitrogens is 1. The Morgan fingerprint density at radius 2 is 2.21 bits per heavy atom. The molecular weight excluding hydrogens is 240 g/mol. The first-order chi connectivity index (χ1) is 6.65. The zero-order valence-corrected chi connectivity index (χ0v) is 10.6. The number of anilines is 1. The fraction of sp³-hybridized carbons (Fsp3) is 0.545. The van der Waals surface area contributed by atoms with E-state index in [-0.39, 0.29) is 0 Å². The van der Waals surface area contributed by atoms with E-state index in [4.69, 9.17) is 0 Å². The third kappa shape index (κ3) is 2.98. The van der Waals surface area contributed by atoms with E-state index in [0.29, 0.717) is 6.04 Å². The first kappa shape index (κ1) is 11.5. The standard InChI is InChI=1S/C11H17BrN2/c1-9(2)14(7-5-12)11-8-10(3)4-6-13-11/h4,6,8-9H,5,7H2,1-3H3. The molecule has 0 saturated carbocycles. The first-order valence-corrected chi connectivity index (χ1v) is 6.02. The molecular formula is C11H17BrN2. The second-order valence-electron chi connectivity index (χ2n) is 3.67. The van der Waals surface area contributed by atoms with Crippen molar-refractivity contribution in [1.29, 1.82) is 0 Å². The van der Waals surface area contributed by atoms with Gasteiger partial charge in [0.25, 0.3) is 0 Å². The van der Waals surface area contributed by atoms with Crippen molar-refractivity contribution in [3.63, 3.8) is 0 Å². The molecule has 0 atom stereocenters. The number of halogens is 1. The number of alkyl halides is 1. The molecule has 0 unspecified atom stereocenters. The van der Waals surface area contributed by atoms with E-state index >= 15 is 0 Å². The van der Waals surface area contributed by atoms with Crippen molar-refractivity contribution in [2.45, 2.75) is 26.8 Å². The lowest BCUT2D eigenvalue weighted by molar-refractivity contribution is 0.697. The van der Waals surface area contributed by atoms with Gasteiger partial charge in [0.2, 0.25) is 0 Å². The third-order valence-corrected chi connectivity index (χ3v) is 2.50. The molecule has 0 aliphatic carbocycles. The minimum atomic E-state index is 0.488. The smallest absolute Gasteiger partial charge is 0.128 e. The van der Waals surface area contributed by atoms with E-state index in [2.05, 4.69) is 52.7 Å². The zero-order valence-electron chi connectivity index (χ0n) is 9.00. The van der Waals surface area contributed by atoms with Gasteiger partial charge in [0.05, 0.1) is 0 Å². The number of nitrogens with zero attached hydrogens (tertiary/aromatic N) is 2. The van der Waals surface area contributed by atoms with Crippen molar-refractivity contribution in [3.8, 4) is 0 Å². The van der Waals surface area contributed by atoms with Crippen molar-refractivity contribution in [3.05, 3.63) is 23.9 Å². The highest BCUT2D eigenvalue weighted by atomic mass is 79.9. The summed E-state index contributed by atoms with van der Waals surface area (Å²) in [4.78, 5) is 6.68. The fourth-order valence-corrected chi connectivity index (χ4v) is 1.79. The lowest BCUT2D eigenvalue weighted by atomic mass is 10.2. The number of hydrogen-bond donors (Lipinski definition) is 0. The summed E-state index contributed by atoms with van der Waals surface area (Å²) in [6.45, 7) is 7.46. The van der Waals surface area contributed by atoms with E-state index in [9.17, 15) is 0 Å². The Morgan fingerprint density at radius 3 is 2.71 bits per heavy atom. The van der Waals surface area contributed by atoms with Gasteiger partial charge < -0.3 is 4.90 Å². The number of aryl methyl sites for hydroxylation is 1. The first-order valence-electron chi connectivity index (χ1n) is 4.90. The summed E-state index contributed by atoms with van der Waals surface area (Å²) in [5.41, 5.74) is 1.26. The van der Waals surface area contributed by atoms with Crippen LogP contribution in [0.5, 0.6) is 0 Å². The van der Waals surface area contributed by atoms with Gasteiger partial charge in [-0.25, -0.2) is 4.98 Å². The maximum atomic E-state index is 4.38. The lowest BCUT2D eigenvalue weighted by Crippen LogP contribution is -2.33. The van der Waals surface area contributed by atoms with Gasteiger partial charge in [-0.2, -0.15) is 0 Å². The Morgan fingerprint density at radius 1 is 1.50 bits per heavy atom. The van der Waals surface area contributed by atoms with Crippen molar-refractivity contribution in [2.24, 2.45) is 0 Å². The molecule has 0 amide bonds. The van der Waals surface area contributed by atoms with E-state index in [0.717, 1.165) is 17.7 Å². The molecule has 0 spiro atoms. The van der Waals surface area contributed by atoms with Gasteiger partial charge in [-0.3, -0.25) is 0 Å². The highest BCUT2D eigenvalue weighted by Gasteiger charge is 2.10. The summed E-state index contributed by atoms with van der Waals surface area (Å²) >= 11 is 3.46. The Kier molecular flexibility index (Phi) is 4.39. The molecule has 0 saturated heterocycles. The van der Waals surface area contributed by atoms with E-state index in [1.807, 2.05) is 12.3 Å². The summed E-state index contributed by atoms with van der Waals surface area (Å²) in [7, 11) is 0. The van der Waals surface area contributed by atoms with Crippen LogP contribution < -0.4 is 4.90 Å². The van der Waals surface area contributed by atoms with Crippen molar-refractivity contribution < 1.29 is 0 Å². The van der Waals surface area contributed by atoms with Crippen LogP contribution in [0.3, 0.4) is 0 Å². The van der Waals surface area contributed by atoms with Crippen LogP contribution in [0.15, 0.2) is 18.3 Å². The monoisotopic (exact) mass is 256 g/mol. The molecule has 78 valence electrons. The van der Waals surface area contributed by atoms with Gasteiger partial charge in [0.1, 0.15) is 5.82 Å². The van der Waals surface area contributed by atoms with Crippen LogP contribution >= 0.6 is 15.9 Å². The zero-order chi connectivity index (χ0) is 10.6. The summed E-state index contributed by atoms with van der Waals surface area (Å²) in [6.07, 6.45) is 1.87. The normalized spacial score (nSPS) is 10.6. The summed E-state index contributed by atoms with van der Waals surface area (Å²) in [6, 6.07) is 4.64. The number of hydrogen-bond acceptors (Lipinski definition) is 2. The Bertz CT molecular complexity index is 286. The Hall–Kier alpha value is -0.570. The molecule has 0 aliphatic heterocycles. The van der Waals surface area contributed by atoms with Crippen LogP contribution in [0, 0.1) is 6.92 Å². The van der Waals surface area contributed by atoms with E-state index < -0.39 is 0 Å². The Balaban J connectivity index is 2.87. The SMILES string of the molecule is Cc1ccnc(N(CCBr)C(C)C)c1. The largest absolute Gasteiger partial charge is 0.353 e. The highest BCUT2D eigenvalue weighted by molar-refractivity contribution is 9.09. The van der Waals surface area contributed by atoms with Gasteiger partial charge in [0.15, 0.2) is 0 Å². The van der Waals surface area contributed by atoms with Crippen molar-refractivity contribution >= 4 is 21.7 Å². The second kappa shape index (κ2) is 5.35. The van der Waals surface area contributed by atoms with Crippen molar-refractivity contribution in [2.75, 3.05) is 16.8 Å². The predicted octanol–water partition coefficient (Wildman–Crippen LogP) is 3.00. The van der Waals surface area contributed by atoms with Crippen LogP contribution in [-0.4, -0.2) is 22.9 Å². The van der Waals surface area contributed by atoms with Gasteiger partial charge >= 0.3 is 0 Å². The summed E-state index contributed by atoms with van der Waals surface area (Å²) in [5, 5.41) is 0.973. The molecule has 1 heterocycles. The quantitative estimate of drug-likeness (QED) is 0.771. The van der Waals surface area contributed by atoms with Gasteiger partial charge in [-0.15, -0.1) is 0 Å². The molecule has 3 heteroatoms. The average Bonchev–Trinajstić information content (AvgIpc) is 2.13.